The van der Waals surface area contributed by atoms with Gasteiger partial charge in [-0.3, -0.25) is 0 Å². The topological polar surface area (TPSA) is 29.5 Å². The van der Waals surface area contributed by atoms with E-state index in [1.807, 2.05) is 0 Å². The summed E-state index contributed by atoms with van der Waals surface area (Å²) in [6.45, 7) is 14.2. The van der Waals surface area contributed by atoms with Crippen LogP contribution in [0.2, 0.25) is 0 Å². The first-order valence-corrected chi connectivity index (χ1v) is 12.7. The van der Waals surface area contributed by atoms with Crippen LogP contribution in [-0.4, -0.2) is 11.2 Å². The number of hydrogen-bond acceptors (Lipinski definition) is 2. The molecule has 0 saturated heterocycles. The van der Waals surface area contributed by atoms with Crippen molar-refractivity contribution in [2.75, 3.05) is 0 Å². The molecular formula is C30H40O2. The Balaban J connectivity index is 1.36. The summed E-state index contributed by atoms with van der Waals surface area (Å²) in [4.78, 5) is 0. The molecule has 2 heteroatoms. The Hall–Kier alpha value is -1.80. The maximum Gasteiger partial charge on any atom is 0.120 e. The van der Waals surface area contributed by atoms with Gasteiger partial charge in [0.15, 0.2) is 0 Å². The third-order valence-corrected chi connectivity index (χ3v) is 10.2. The van der Waals surface area contributed by atoms with Crippen LogP contribution >= 0.6 is 0 Å². The van der Waals surface area contributed by atoms with Crippen LogP contribution in [0.4, 0.5) is 0 Å². The molecule has 2 aromatic carbocycles. The van der Waals surface area contributed by atoms with Crippen LogP contribution in [0.3, 0.4) is 0 Å². The van der Waals surface area contributed by atoms with Crippen LogP contribution in [-0.2, 0) is 13.0 Å². The average molecular weight is 433 g/mol. The van der Waals surface area contributed by atoms with Crippen molar-refractivity contribution in [3.05, 3.63) is 62.7 Å². The minimum Gasteiger partial charge on any atom is -0.489 e. The molecule has 5 rings (SSSR count). The molecule has 0 amide bonds. The van der Waals surface area contributed by atoms with E-state index in [2.05, 4.69) is 59.7 Å². The maximum absolute atomic E-state index is 10.6. The minimum absolute atomic E-state index is 0.0911. The number of hydrogen-bond donors (Lipinski definition) is 1. The summed E-state index contributed by atoms with van der Waals surface area (Å²) in [6.07, 6.45) is 6.93. The number of rotatable bonds is 3. The minimum atomic E-state index is -0.0911. The second-order valence-electron chi connectivity index (χ2n) is 11.3. The van der Waals surface area contributed by atoms with E-state index >= 15 is 0 Å². The molecule has 3 aliphatic carbocycles. The van der Waals surface area contributed by atoms with Crippen molar-refractivity contribution in [1.29, 1.82) is 0 Å². The van der Waals surface area contributed by atoms with Crippen LogP contribution in [0.25, 0.3) is 0 Å². The highest BCUT2D eigenvalue weighted by atomic mass is 16.5. The molecule has 5 atom stereocenters. The average Bonchev–Trinajstić information content (AvgIpc) is 3.10. The SMILES string of the molecule is Cc1c(C)c(C)c(COc2ccc3c(c2)CCC2C3CCC3(C)C(O)CCC23)c(C)c1C. The van der Waals surface area contributed by atoms with E-state index in [0.717, 1.165) is 24.5 Å². The van der Waals surface area contributed by atoms with Crippen molar-refractivity contribution >= 4 is 0 Å². The zero-order valence-electron chi connectivity index (χ0n) is 20.8. The zero-order valence-corrected chi connectivity index (χ0v) is 20.8. The summed E-state index contributed by atoms with van der Waals surface area (Å²) in [5, 5.41) is 10.6. The first kappa shape index (κ1) is 22.0. The van der Waals surface area contributed by atoms with E-state index in [1.54, 1.807) is 5.56 Å². The Bertz CT molecular complexity index is 1020. The van der Waals surface area contributed by atoms with Gasteiger partial charge in [0.05, 0.1) is 6.10 Å². The Morgan fingerprint density at radius 3 is 2.31 bits per heavy atom. The van der Waals surface area contributed by atoms with E-state index in [9.17, 15) is 5.11 Å². The lowest BCUT2D eigenvalue weighted by Gasteiger charge is -2.50. The quantitative estimate of drug-likeness (QED) is 0.564. The summed E-state index contributed by atoms with van der Waals surface area (Å²) >= 11 is 0. The summed E-state index contributed by atoms with van der Waals surface area (Å²) in [7, 11) is 0. The first-order valence-electron chi connectivity index (χ1n) is 12.7. The largest absolute Gasteiger partial charge is 0.489 e. The smallest absolute Gasteiger partial charge is 0.120 e. The number of fused-ring (bicyclic) bond motifs is 5. The number of benzene rings is 2. The lowest BCUT2D eigenvalue weighted by Crippen LogP contribution is -2.43. The molecule has 3 aliphatic rings. The van der Waals surface area contributed by atoms with E-state index in [-0.39, 0.29) is 11.5 Å². The molecule has 0 aliphatic heterocycles. The Morgan fingerprint density at radius 2 is 1.59 bits per heavy atom. The molecule has 172 valence electrons. The van der Waals surface area contributed by atoms with Gasteiger partial charge >= 0.3 is 0 Å². The Morgan fingerprint density at radius 1 is 0.906 bits per heavy atom. The molecule has 2 nitrogen and oxygen atoms in total. The van der Waals surface area contributed by atoms with Gasteiger partial charge in [-0.05, 0) is 153 Å². The molecule has 0 heterocycles. The van der Waals surface area contributed by atoms with Gasteiger partial charge in [-0.2, -0.15) is 0 Å². The second-order valence-corrected chi connectivity index (χ2v) is 11.3. The lowest BCUT2D eigenvalue weighted by molar-refractivity contribution is -0.0226. The molecule has 0 radical (unpaired) electrons. The van der Waals surface area contributed by atoms with Gasteiger partial charge in [-0.1, -0.05) is 13.0 Å². The number of ether oxygens (including phenoxy) is 1. The summed E-state index contributed by atoms with van der Waals surface area (Å²) in [5.41, 5.74) is 11.5. The van der Waals surface area contributed by atoms with E-state index < -0.39 is 0 Å². The molecule has 0 bridgehead atoms. The van der Waals surface area contributed by atoms with Crippen LogP contribution in [0.5, 0.6) is 5.75 Å². The lowest BCUT2D eigenvalue weighted by atomic mass is 9.55. The molecule has 32 heavy (non-hydrogen) atoms. The van der Waals surface area contributed by atoms with Gasteiger partial charge in [-0.15, -0.1) is 0 Å². The van der Waals surface area contributed by atoms with E-state index in [4.69, 9.17) is 4.74 Å². The van der Waals surface area contributed by atoms with Crippen molar-refractivity contribution in [3.8, 4) is 5.75 Å². The van der Waals surface area contributed by atoms with E-state index in [1.165, 1.54) is 64.6 Å². The predicted molar refractivity (Wildman–Crippen MR) is 132 cm³/mol. The number of aliphatic hydroxyl groups excluding tert-OH is 1. The van der Waals surface area contributed by atoms with Crippen molar-refractivity contribution in [2.24, 2.45) is 17.3 Å². The van der Waals surface area contributed by atoms with Crippen LogP contribution in [0.15, 0.2) is 18.2 Å². The zero-order chi connectivity index (χ0) is 22.8. The van der Waals surface area contributed by atoms with Crippen LogP contribution in [0, 0.1) is 51.9 Å². The van der Waals surface area contributed by atoms with Gasteiger partial charge in [0.2, 0.25) is 0 Å². The highest BCUT2D eigenvalue weighted by molar-refractivity contribution is 5.49. The third-order valence-electron chi connectivity index (χ3n) is 10.2. The van der Waals surface area contributed by atoms with Gasteiger partial charge in [0.1, 0.15) is 12.4 Å². The molecule has 0 aromatic heterocycles. The highest BCUT2D eigenvalue weighted by Gasteiger charge is 2.54. The van der Waals surface area contributed by atoms with Gasteiger partial charge in [0.25, 0.3) is 0 Å². The highest BCUT2D eigenvalue weighted by Crippen LogP contribution is 2.60. The summed E-state index contributed by atoms with van der Waals surface area (Å²) < 4.78 is 6.37. The van der Waals surface area contributed by atoms with Crippen molar-refractivity contribution in [1.82, 2.24) is 0 Å². The number of aryl methyl sites for hydroxylation is 1. The molecular weight excluding hydrogens is 392 g/mol. The standard InChI is InChI=1S/C30H40O2/c1-17-18(2)20(4)27(21(5)19(17)3)16-32-23-8-10-24-22(15-23)7-9-26-25(24)13-14-30(6)28(26)11-12-29(30)31/h8,10,15,25-26,28-29,31H,7,9,11-14,16H2,1-6H3. The third kappa shape index (κ3) is 3.24. The van der Waals surface area contributed by atoms with Crippen LogP contribution in [0.1, 0.15) is 89.5 Å². The Kier molecular flexibility index (Phi) is 5.44. The number of aliphatic hydroxyl groups is 1. The summed E-state index contributed by atoms with van der Waals surface area (Å²) in [5.74, 6) is 3.12. The monoisotopic (exact) mass is 432 g/mol. The molecule has 2 saturated carbocycles. The van der Waals surface area contributed by atoms with Gasteiger partial charge in [0, 0.05) is 0 Å². The maximum atomic E-state index is 10.6. The predicted octanol–water partition coefficient (Wildman–Crippen LogP) is 7.02. The fourth-order valence-corrected chi connectivity index (χ4v) is 7.57. The van der Waals surface area contributed by atoms with Gasteiger partial charge in [-0.25, -0.2) is 0 Å². The summed E-state index contributed by atoms with van der Waals surface area (Å²) in [6, 6.07) is 6.89. The van der Waals surface area contributed by atoms with Gasteiger partial charge < -0.3 is 9.84 Å². The second kappa shape index (κ2) is 7.90. The molecule has 5 unspecified atom stereocenters. The fourth-order valence-electron chi connectivity index (χ4n) is 7.57. The molecule has 2 fully saturated rings. The molecule has 1 N–H and O–H groups in total. The molecule has 2 aromatic rings. The van der Waals surface area contributed by atoms with Crippen molar-refractivity contribution < 1.29 is 9.84 Å². The first-order chi connectivity index (χ1) is 15.2. The normalized spacial score (nSPS) is 31.1. The van der Waals surface area contributed by atoms with Crippen LogP contribution < -0.4 is 4.74 Å². The van der Waals surface area contributed by atoms with Crippen molar-refractivity contribution in [2.45, 2.75) is 98.7 Å². The fraction of sp³-hybridized carbons (Fsp3) is 0.600. The Labute approximate surface area is 194 Å². The van der Waals surface area contributed by atoms with Crippen molar-refractivity contribution in [3.63, 3.8) is 0 Å². The van der Waals surface area contributed by atoms with E-state index in [0.29, 0.717) is 18.4 Å². The molecule has 0 spiro atoms.